The van der Waals surface area contributed by atoms with E-state index in [1.54, 1.807) is 0 Å². The van der Waals surface area contributed by atoms with Crippen molar-refractivity contribution in [2.24, 2.45) is 0 Å². The van der Waals surface area contributed by atoms with Gasteiger partial charge in [0.15, 0.2) is 17.4 Å². The fourth-order valence-corrected chi connectivity index (χ4v) is 8.06. The first-order valence-electron chi connectivity index (χ1n) is 5.79. The number of hydrogen-bond donors (Lipinski definition) is 0. The van der Waals surface area contributed by atoms with Gasteiger partial charge in [0.05, 0.1) is 0 Å². The molecule has 0 radical (unpaired) electrons. The summed E-state index contributed by atoms with van der Waals surface area (Å²) in [4.78, 5) is 0. The molecule has 0 aliphatic heterocycles. The summed E-state index contributed by atoms with van der Waals surface area (Å²) < 4.78 is 134. The van der Waals surface area contributed by atoms with E-state index in [2.05, 4.69) is 12.6 Å². The molecular formula is C6H12F9O4PSi3. The predicted octanol–water partition coefficient (Wildman–Crippen LogP) is 1.08. The van der Waals surface area contributed by atoms with Gasteiger partial charge in [0.25, 0.3) is 19.3 Å². The zero-order valence-electron chi connectivity index (χ0n) is 11.1. The Bertz CT molecular complexity index is 329. The van der Waals surface area contributed by atoms with Crippen molar-refractivity contribution in [3.05, 3.63) is 0 Å². The minimum atomic E-state index is -5.03. The molecule has 0 spiro atoms. The van der Waals surface area contributed by atoms with Gasteiger partial charge in [-0.2, -0.15) is 0 Å². The van der Waals surface area contributed by atoms with Gasteiger partial charge in [0.2, 0.25) is 29.3 Å². The third-order valence-electron chi connectivity index (χ3n) is 2.00. The highest BCUT2D eigenvalue weighted by Crippen LogP contribution is 2.49. The molecule has 0 N–H and O–H groups in total. The fraction of sp³-hybridized carbons (Fsp3) is 1.00. The van der Waals surface area contributed by atoms with Crippen molar-refractivity contribution in [1.82, 2.24) is 0 Å². The zero-order valence-corrected chi connectivity index (χ0v) is 16.2. The molecule has 0 amide bonds. The molecule has 0 bridgehead atoms. The smallest absolute Gasteiger partial charge is 0.335 e. The molecule has 0 heterocycles. The Morgan fingerprint density at radius 1 is 0.565 bits per heavy atom. The van der Waals surface area contributed by atoms with E-state index in [-0.39, 0.29) is 0 Å². The van der Waals surface area contributed by atoms with Crippen molar-refractivity contribution < 1.29 is 56.7 Å². The molecule has 0 fully saturated rings. The maximum Gasteiger partial charge on any atom is 0.443 e. The summed E-state index contributed by atoms with van der Waals surface area (Å²) in [6, 6.07) is 0. The number of rotatable bonds is 12. The van der Waals surface area contributed by atoms with E-state index in [1.807, 2.05) is 0 Å². The molecule has 3 unspecified atom stereocenters. The van der Waals surface area contributed by atoms with Crippen LogP contribution in [0, 0.1) is 0 Å². The highest BCUT2D eigenvalue weighted by atomic mass is 31.2. The van der Waals surface area contributed by atoms with E-state index in [4.69, 9.17) is 0 Å². The van der Waals surface area contributed by atoms with Crippen molar-refractivity contribution in [1.29, 1.82) is 0 Å². The molecule has 0 aliphatic rings. The van der Waals surface area contributed by atoms with Crippen LogP contribution in [-0.4, -0.2) is 66.0 Å². The second kappa shape index (κ2) is 10.9. The summed E-state index contributed by atoms with van der Waals surface area (Å²) in [5, 5.41) is 0. The maximum absolute atomic E-state index is 12.7. The lowest BCUT2D eigenvalue weighted by molar-refractivity contribution is 0.0805. The van der Waals surface area contributed by atoms with E-state index >= 15 is 0 Å². The van der Waals surface area contributed by atoms with Crippen LogP contribution in [0.4, 0.5) is 39.5 Å². The molecule has 140 valence electrons. The fourth-order valence-electron chi connectivity index (χ4n) is 0.817. The number of hydrogen-bond acceptors (Lipinski definition) is 4. The maximum atomic E-state index is 12.7. The van der Waals surface area contributed by atoms with Crippen LogP contribution < -0.4 is 0 Å². The molecule has 0 aromatic carbocycles. The zero-order chi connectivity index (χ0) is 18.2. The van der Waals surface area contributed by atoms with Gasteiger partial charge in [-0.05, 0) is 0 Å². The van der Waals surface area contributed by atoms with Gasteiger partial charge in [0.1, 0.15) is 0 Å². The largest absolute Gasteiger partial charge is 0.443 e. The SMILES string of the molecule is O=P(O[SiH2]C(F)C(F)F)(O[SiH2]C(F)C(F)F)O[SiH2]C(F)C(F)F. The topological polar surface area (TPSA) is 44.8 Å². The molecule has 0 aromatic rings. The van der Waals surface area contributed by atoms with Gasteiger partial charge >= 0.3 is 7.82 Å². The minimum Gasteiger partial charge on any atom is -0.335 e. The second-order valence-corrected chi connectivity index (χ2v) is 11.2. The van der Waals surface area contributed by atoms with E-state index in [0.717, 1.165) is 0 Å². The van der Waals surface area contributed by atoms with Gasteiger partial charge in [-0.15, -0.1) is 0 Å². The first-order valence-corrected chi connectivity index (χ1v) is 11.4. The monoisotopic (exact) mass is 434 g/mol. The van der Waals surface area contributed by atoms with E-state index in [9.17, 15) is 44.1 Å². The van der Waals surface area contributed by atoms with Crippen molar-refractivity contribution in [3.63, 3.8) is 0 Å². The molecule has 23 heavy (non-hydrogen) atoms. The van der Waals surface area contributed by atoms with Crippen LogP contribution in [0.3, 0.4) is 0 Å². The van der Waals surface area contributed by atoms with E-state index in [1.165, 1.54) is 0 Å². The van der Waals surface area contributed by atoms with Crippen LogP contribution >= 0.6 is 7.82 Å². The summed E-state index contributed by atoms with van der Waals surface area (Å²) in [6.45, 7) is 0. The third kappa shape index (κ3) is 9.88. The quantitative estimate of drug-likeness (QED) is 0.262. The first kappa shape index (κ1) is 23.1. The van der Waals surface area contributed by atoms with Gasteiger partial charge < -0.3 is 12.6 Å². The lowest BCUT2D eigenvalue weighted by Crippen LogP contribution is -2.28. The third-order valence-corrected chi connectivity index (χ3v) is 9.60. The Morgan fingerprint density at radius 2 is 0.783 bits per heavy atom. The Kier molecular flexibility index (Phi) is 10.9. The van der Waals surface area contributed by atoms with Crippen LogP contribution in [0.15, 0.2) is 0 Å². The Hall–Kier alpha value is 0.131. The number of halogens is 9. The molecule has 0 aliphatic carbocycles. The second-order valence-electron chi connectivity index (χ2n) is 3.89. The predicted molar refractivity (Wildman–Crippen MR) is 69.2 cm³/mol. The van der Waals surface area contributed by atoms with Crippen molar-refractivity contribution in [3.8, 4) is 0 Å². The van der Waals surface area contributed by atoms with Crippen LogP contribution in [0.25, 0.3) is 0 Å². The molecule has 0 saturated carbocycles. The summed E-state index contributed by atoms with van der Waals surface area (Å²) in [6.07, 6.45) is -10.5. The lowest BCUT2D eigenvalue weighted by atomic mass is 10.8. The van der Waals surface area contributed by atoms with Crippen molar-refractivity contribution in [2.45, 2.75) is 36.7 Å². The molecule has 4 nitrogen and oxygen atoms in total. The lowest BCUT2D eigenvalue weighted by Gasteiger charge is -2.21. The molecule has 0 aromatic heterocycles. The first-order chi connectivity index (χ1) is 10.5. The minimum absolute atomic E-state index is 2.84. The molecule has 0 rings (SSSR count). The van der Waals surface area contributed by atoms with Gasteiger partial charge in [-0.1, -0.05) is 0 Å². The summed E-state index contributed by atoms with van der Waals surface area (Å²) in [5.74, 6) is -8.52. The Labute approximate surface area is 131 Å². The molecule has 0 saturated heterocycles. The van der Waals surface area contributed by atoms with Crippen LogP contribution in [-0.2, 0) is 17.2 Å². The van der Waals surface area contributed by atoms with Crippen LogP contribution in [0.1, 0.15) is 0 Å². The molecule has 17 heteroatoms. The summed E-state index contributed by atoms with van der Waals surface area (Å²) in [7, 11) is -13.9. The van der Waals surface area contributed by atoms with Crippen LogP contribution in [0.2, 0.25) is 0 Å². The Morgan fingerprint density at radius 3 is 0.957 bits per heavy atom. The van der Waals surface area contributed by atoms with E-state index < -0.39 is 73.8 Å². The highest BCUT2D eigenvalue weighted by molar-refractivity contribution is 7.51. The van der Waals surface area contributed by atoms with E-state index in [0.29, 0.717) is 0 Å². The standard InChI is InChI=1S/C6H12F9O4PSi3/c7-1(8)4(13)21-17-20(16,18-22-5(14)2(9)10)19-23-6(15)3(11)12/h1-6H,21-23H2. The molecular weight excluding hydrogens is 422 g/mol. The van der Waals surface area contributed by atoms with Crippen molar-refractivity contribution >= 4 is 37.1 Å². The molecule has 3 atom stereocenters. The average Bonchev–Trinajstić information content (AvgIpc) is 2.47. The van der Waals surface area contributed by atoms with Crippen LogP contribution in [0.5, 0.6) is 0 Å². The van der Waals surface area contributed by atoms with Crippen molar-refractivity contribution in [2.75, 3.05) is 0 Å². The average molecular weight is 434 g/mol. The van der Waals surface area contributed by atoms with Gasteiger partial charge in [-0.25, -0.2) is 44.1 Å². The normalized spacial score (nSPS) is 20.7. The highest BCUT2D eigenvalue weighted by Gasteiger charge is 2.35. The van der Waals surface area contributed by atoms with Gasteiger partial charge in [0, 0.05) is 0 Å². The number of phosphoric acid groups is 1. The van der Waals surface area contributed by atoms with Gasteiger partial charge in [-0.3, -0.25) is 0 Å². The summed E-state index contributed by atoms with van der Waals surface area (Å²) in [5.41, 5.74) is 0. The Balaban J connectivity index is 4.72. The summed E-state index contributed by atoms with van der Waals surface area (Å²) >= 11 is 0. The number of alkyl halides is 9.